The second-order valence-electron chi connectivity index (χ2n) is 7.17. The molecule has 2 saturated heterocycles. The fraction of sp³-hybridized carbons (Fsp3) is 0.875. The molecule has 1 atom stereocenters. The van der Waals surface area contributed by atoms with Crippen LogP contribution >= 0.6 is 0 Å². The zero-order chi connectivity index (χ0) is 16.3. The number of amides is 2. The van der Waals surface area contributed by atoms with Gasteiger partial charge in [0.05, 0.1) is 19.1 Å². The number of carbonyl (C=O) groups is 2. The van der Waals surface area contributed by atoms with Crippen LogP contribution < -0.4 is 5.32 Å². The van der Waals surface area contributed by atoms with E-state index in [4.69, 9.17) is 4.74 Å². The molecular weight excluding hydrogens is 282 g/mol. The first-order chi connectivity index (χ1) is 10.3. The summed E-state index contributed by atoms with van der Waals surface area (Å²) in [5, 5.41) is 3.04. The van der Waals surface area contributed by atoms with Crippen molar-refractivity contribution in [2.45, 2.75) is 45.7 Å². The number of rotatable bonds is 5. The second kappa shape index (κ2) is 6.96. The van der Waals surface area contributed by atoms with Gasteiger partial charge in [-0.2, -0.15) is 0 Å². The number of carbonyl (C=O) groups excluding carboxylic acids is 2. The van der Waals surface area contributed by atoms with E-state index in [1.807, 2.05) is 13.8 Å². The van der Waals surface area contributed by atoms with Crippen LogP contribution in [0.1, 0.15) is 34.1 Å². The molecule has 0 unspecified atom stereocenters. The summed E-state index contributed by atoms with van der Waals surface area (Å²) in [5.41, 5.74) is -0.0974. The van der Waals surface area contributed by atoms with Gasteiger partial charge in [-0.15, -0.1) is 0 Å². The number of hydrogen-bond acceptors (Lipinski definition) is 4. The van der Waals surface area contributed by atoms with Gasteiger partial charge >= 0.3 is 0 Å². The number of hydrogen-bond donors (Lipinski definition) is 1. The molecule has 6 nitrogen and oxygen atoms in total. The van der Waals surface area contributed by atoms with Crippen molar-refractivity contribution in [2.24, 2.45) is 5.92 Å². The molecule has 22 heavy (non-hydrogen) atoms. The number of ether oxygens (including phenoxy) is 1. The normalized spacial score (nSPS) is 24.1. The molecule has 0 aromatic carbocycles. The van der Waals surface area contributed by atoms with Crippen LogP contribution in [0.15, 0.2) is 0 Å². The third kappa shape index (κ3) is 3.98. The SMILES string of the molecule is CC(C)N1C[C@@H](C(=O)NCC(C)(C)N2CCOCC2)CC1=O. The summed E-state index contributed by atoms with van der Waals surface area (Å²) in [5.74, 6) is -0.129. The van der Waals surface area contributed by atoms with E-state index in [-0.39, 0.29) is 29.3 Å². The van der Waals surface area contributed by atoms with Gasteiger partial charge in [0.1, 0.15) is 0 Å². The van der Waals surface area contributed by atoms with E-state index in [9.17, 15) is 9.59 Å². The Balaban J connectivity index is 1.83. The van der Waals surface area contributed by atoms with Crippen molar-refractivity contribution in [3.8, 4) is 0 Å². The number of nitrogens with zero attached hydrogens (tertiary/aromatic N) is 2. The minimum Gasteiger partial charge on any atom is -0.379 e. The van der Waals surface area contributed by atoms with Gasteiger partial charge in [-0.3, -0.25) is 14.5 Å². The number of morpholine rings is 1. The van der Waals surface area contributed by atoms with Gasteiger partial charge in [0.2, 0.25) is 11.8 Å². The maximum absolute atomic E-state index is 12.4. The molecular formula is C16H29N3O3. The van der Waals surface area contributed by atoms with Crippen molar-refractivity contribution in [3.63, 3.8) is 0 Å². The van der Waals surface area contributed by atoms with E-state index in [1.54, 1.807) is 4.90 Å². The van der Waals surface area contributed by atoms with Gasteiger partial charge in [-0.05, 0) is 27.7 Å². The predicted molar refractivity (Wildman–Crippen MR) is 84.4 cm³/mol. The van der Waals surface area contributed by atoms with Gasteiger partial charge in [0.25, 0.3) is 0 Å². The molecule has 0 aliphatic carbocycles. The fourth-order valence-electron chi connectivity index (χ4n) is 3.13. The predicted octanol–water partition coefficient (Wildman–Crippen LogP) is 0.470. The molecule has 0 aromatic rings. The average Bonchev–Trinajstić information content (AvgIpc) is 2.88. The second-order valence-corrected chi connectivity index (χ2v) is 7.17. The average molecular weight is 311 g/mol. The summed E-state index contributed by atoms with van der Waals surface area (Å²) < 4.78 is 5.38. The van der Waals surface area contributed by atoms with Gasteiger partial charge in [0.15, 0.2) is 0 Å². The van der Waals surface area contributed by atoms with Crippen molar-refractivity contribution >= 4 is 11.8 Å². The number of nitrogens with one attached hydrogen (secondary N) is 1. The van der Waals surface area contributed by atoms with Gasteiger partial charge < -0.3 is 15.0 Å². The molecule has 0 bridgehead atoms. The van der Waals surface area contributed by atoms with E-state index >= 15 is 0 Å². The van der Waals surface area contributed by atoms with Crippen molar-refractivity contribution in [3.05, 3.63) is 0 Å². The van der Waals surface area contributed by atoms with Crippen LogP contribution in [0.25, 0.3) is 0 Å². The smallest absolute Gasteiger partial charge is 0.225 e. The Bertz CT molecular complexity index is 417. The van der Waals surface area contributed by atoms with E-state index in [0.29, 0.717) is 19.5 Å². The molecule has 126 valence electrons. The summed E-state index contributed by atoms with van der Waals surface area (Å²) in [6.45, 7) is 12.7. The quantitative estimate of drug-likeness (QED) is 0.802. The van der Waals surface area contributed by atoms with Crippen LogP contribution in [0, 0.1) is 5.92 Å². The maximum Gasteiger partial charge on any atom is 0.225 e. The molecule has 1 N–H and O–H groups in total. The van der Waals surface area contributed by atoms with Crippen LogP contribution in [0.2, 0.25) is 0 Å². The Labute approximate surface area is 133 Å². The topological polar surface area (TPSA) is 61.9 Å². The number of likely N-dealkylation sites (tertiary alicyclic amines) is 1. The molecule has 0 radical (unpaired) electrons. The van der Waals surface area contributed by atoms with Crippen LogP contribution in [-0.4, -0.2) is 72.6 Å². The van der Waals surface area contributed by atoms with Gasteiger partial charge in [-0.1, -0.05) is 0 Å². The molecule has 0 spiro atoms. The Kier molecular flexibility index (Phi) is 5.45. The molecule has 2 heterocycles. The lowest BCUT2D eigenvalue weighted by Crippen LogP contribution is -2.55. The highest BCUT2D eigenvalue weighted by Gasteiger charge is 2.36. The highest BCUT2D eigenvalue weighted by molar-refractivity contribution is 5.89. The fourth-order valence-corrected chi connectivity index (χ4v) is 3.13. The molecule has 2 aliphatic rings. The van der Waals surface area contributed by atoms with Crippen molar-refractivity contribution in [1.29, 1.82) is 0 Å². The standard InChI is InChI=1S/C16H29N3O3/c1-12(2)19-10-13(9-14(19)20)15(21)17-11-16(3,4)18-5-7-22-8-6-18/h12-13H,5-11H2,1-4H3,(H,17,21)/t13-/m0/s1. The van der Waals surface area contributed by atoms with Crippen molar-refractivity contribution < 1.29 is 14.3 Å². The first-order valence-electron chi connectivity index (χ1n) is 8.21. The molecule has 2 rings (SSSR count). The lowest BCUT2D eigenvalue weighted by molar-refractivity contribution is -0.130. The first kappa shape index (κ1) is 17.2. The lowest BCUT2D eigenvalue weighted by atomic mass is 10.0. The van der Waals surface area contributed by atoms with Crippen molar-refractivity contribution in [2.75, 3.05) is 39.4 Å². The van der Waals surface area contributed by atoms with Crippen LogP contribution in [0.5, 0.6) is 0 Å². The Morgan fingerprint density at radius 2 is 2.00 bits per heavy atom. The molecule has 2 aliphatic heterocycles. The monoisotopic (exact) mass is 311 g/mol. The molecule has 2 fully saturated rings. The zero-order valence-electron chi connectivity index (χ0n) is 14.2. The molecule has 6 heteroatoms. The van der Waals surface area contributed by atoms with Crippen LogP contribution in [0.4, 0.5) is 0 Å². The Hall–Kier alpha value is -1.14. The summed E-state index contributed by atoms with van der Waals surface area (Å²) in [6, 6.07) is 0.162. The maximum atomic E-state index is 12.4. The third-order valence-electron chi connectivity index (χ3n) is 4.71. The van der Waals surface area contributed by atoms with Gasteiger partial charge in [0, 0.05) is 44.2 Å². The Morgan fingerprint density at radius 1 is 1.36 bits per heavy atom. The van der Waals surface area contributed by atoms with E-state index in [2.05, 4.69) is 24.1 Å². The first-order valence-corrected chi connectivity index (χ1v) is 8.21. The molecule has 0 aromatic heterocycles. The lowest BCUT2D eigenvalue weighted by Gasteiger charge is -2.41. The van der Waals surface area contributed by atoms with Crippen LogP contribution in [0.3, 0.4) is 0 Å². The largest absolute Gasteiger partial charge is 0.379 e. The third-order valence-corrected chi connectivity index (χ3v) is 4.71. The Morgan fingerprint density at radius 3 is 2.55 bits per heavy atom. The summed E-state index contributed by atoms with van der Waals surface area (Å²) in [6.07, 6.45) is 0.335. The zero-order valence-corrected chi connectivity index (χ0v) is 14.2. The minimum atomic E-state index is -0.213. The highest BCUT2D eigenvalue weighted by atomic mass is 16.5. The minimum absolute atomic E-state index is 0.00201. The van der Waals surface area contributed by atoms with Crippen LogP contribution in [-0.2, 0) is 14.3 Å². The van der Waals surface area contributed by atoms with Crippen molar-refractivity contribution in [1.82, 2.24) is 15.1 Å². The highest BCUT2D eigenvalue weighted by Crippen LogP contribution is 2.21. The molecule has 0 saturated carbocycles. The summed E-state index contributed by atoms with van der Waals surface area (Å²) in [4.78, 5) is 28.4. The summed E-state index contributed by atoms with van der Waals surface area (Å²) in [7, 11) is 0. The summed E-state index contributed by atoms with van der Waals surface area (Å²) >= 11 is 0. The molecule has 2 amide bonds. The van der Waals surface area contributed by atoms with E-state index in [1.165, 1.54) is 0 Å². The van der Waals surface area contributed by atoms with E-state index < -0.39 is 0 Å². The van der Waals surface area contributed by atoms with Gasteiger partial charge in [-0.25, -0.2) is 0 Å². The van der Waals surface area contributed by atoms with E-state index in [0.717, 1.165) is 26.3 Å².